The highest BCUT2D eigenvalue weighted by molar-refractivity contribution is 5.66. The van der Waals surface area contributed by atoms with Gasteiger partial charge in [0.1, 0.15) is 18.5 Å². The molecular formula is C23H29F3O6. The first-order chi connectivity index (χ1) is 15.1. The third-order valence-corrected chi connectivity index (χ3v) is 5.39. The van der Waals surface area contributed by atoms with Gasteiger partial charge in [-0.3, -0.25) is 4.79 Å². The summed E-state index contributed by atoms with van der Waals surface area (Å²) in [5.41, 5.74) is -0.845. The van der Waals surface area contributed by atoms with Crippen molar-refractivity contribution in [2.24, 2.45) is 11.8 Å². The highest BCUT2D eigenvalue weighted by Crippen LogP contribution is 2.36. The van der Waals surface area contributed by atoms with Crippen LogP contribution in [-0.2, 0) is 11.0 Å². The zero-order chi connectivity index (χ0) is 23.7. The summed E-state index contributed by atoms with van der Waals surface area (Å²) in [5, 5.41) is 39.2. The molecule has 1 aliphatic carbocycles. The molecule has 0 bridgehead atoms. The Bertz CT molecular complexity index is 792. The zero-order valence-electron chi connectivity index (χ0n) is 17.5. The van der Waals surface area contributed by atoms with Crippen molar-refractivity contribution >= 4 is 5.97 Å². The molecule has 1 aromatic carbocycles. The van der Waals surface area contributed by atoms with Gasteiger partial charge in [0.2, 0.25) is 0 Å². The number of allylic oxidation sites excluding steroid dienone is 2. The standard InChI is InChI=1S/C23H29F3O6/c24-23(25,26)15-6-5-7-17(12-15)32-14-16(27)10-11-19-18(20(28)13-21(19)29)8-3-1-2-4-9-22(30)31/h1,3,5-7,10-12,16,18-21,27-29H,2,4,8-9,13-14H2,(H,30,31)/b3-1-,11-10+/t16-,18+,19+,20-,21+/m0/s1. The number of rotatable bonds is 11. The maximum Gasteiger partial charge on any atom is 0.416 e. The second kappa shape index (κ2) is 12.0. The largest absolute Gasteiger partial charge is 0.491 e. The molecule has 5 atom stereocenters. The molecule has 0 radical (unpaired) electrons. The minimum absolute atomic E-state index is 0.0190. The molecule has 32 heavy (non-hydrogen) atoms. The highest BCUT2D eigenvalue weighted by atomic mass is 19.4. The van der Waals surface area contributed by atoms with Gasteiger partial charge in [-0.1, -0.05) is 30.4 Å². The van der Waals surface area contributed by atoms with Crippen molar-refractivity contribution in [2.75, 3.05) is 6.61 Å². The quantitative estimate of drug-likeness (QED) is 0.298. The van der Waals surface area contributed by atoms with Crippen LogP contribution in [0.1, 0.15) is 37.7 Å². The lowest BCUT2D eigenvalue weighted by atomic mass is 9.89. The molecular weight excluding hydrogens is 429 g/mol. The monoisotopic (exact) mass is 458 g/mol. The number of alkyl halides is 3. The van der Waals surface area contributed by atoms with E-state index in [1.54, 1.807) is 6.08 Å². The first-order valence-corrected chi connectivity index (χ1v) is 10.5. The average Bonchev–Trinajstić information content (AvgIpc) is 2.99. The fourth-order valence-corrected chi connectivity index (χ4v) is 3.70. The fraction of sp³-hybridized carbons (Fsp3) is 0.522. The van der Waals surface area contributed by atoms with Gasteiger partial charge >= 0.3 is 12.1 Å². The minimum Gasteiger partial charge on any atom is -0.491 e. The lowest BCUT2D eigenvalue weighted by Gasteiger charge is -2.19. The van der Waals surface area contributed by atoms with Gasteiger partial charge in [-0.25, -0.2) is 0 Å². The van der Waals surface area contributed by atoms with Crippen LogP contribution in [0.5, 0.6) is 5.75 Å². The molecule has 9 heteroatoms. The Kier molecular flexibility index (Phi) is 9.74. The molecule has 1 aromatic rings. The number of halogens is 3. The highest BCUT2D eigenvalue weighted by Gasteiger charge is 2.39. The summed E-state index contributed by atoms with van der Waals surface area (Å²) in [5.74, 6) is -1.55. The van der Waals surface area contributed by atoms with E-state index in [1.807, 2.05) is 12.2 Å². The maximum absolute atomic E-state index is 12.8. The number of benzene rings is 1. The molecule has 6 nitrogen and oxygen atoms in total. The second-order valence-electron chi connectivity index (χ2n) is 7.89. The van der Waals surface area contributed by atoms with Gasteiger partial charge in [0.05, 0.1) is 17.8 Å². The normalized spacial score (nSPS) is 24.9. The Morgan fingerprint density at radius 2 is 1.97 bits per heavy atom. The van der Waals surface area contributed by atoms with E-state index in [0.29, 0.717) is 19.3 Å². The number of hydrogen-bond acceptors (Lipinski definition) is 5. The van der Waals surface area contributed by atoms with Crippen LogP contribution in [0.3, 0.4) is 0 Å². The van der Waals surface area contributed by atoms with Crippen LogP contribution in [-0.4, -0.2) is 51.3 Å². The van der Waals surface area contributed by atoms with E-state index in [-0.39, 0.29) is 31.1 Å². The molecule has 1 fully saturated rings. The number of aliphatic hydroxyl groups is 3. The molecule has 0 aliphatic heterocycles. The van der Waals surface area contributed by atoms with Crippen LogP contribution in [0.2, 0.25) is 0 Å². The van der Waals surface area contributed by atoms with Crippen molar-refractivity contribution in [1.82, 2.24) is 0 Å². The first-order valence-electron chi connectivity index (χ1n) is 10.5. The second-order valence-corrected chi connectivity index (χ2v) is 7.89. The van der Waals surface area contributed by atoms with Gasteiger partial charge in [0, 0.05) is 18.8 Å². The molecule has 2 rings (SSSR count). The molecule has 1 saturated carbocycles. The number of carboxylic acid groups (broad SMARTS) is 1. The molecule has 0 saturated heterocycles. The van der Waals surface area contributed by atoms with Gasteiger partial charge < -0.3 is 25.2 Å². The number of ether oxygens (including phenoxy) is 1. The van der Waals surface area contributed by atoms with Gasteiger partial charge in [-0.2, -0.15) is 13.2 Å². The first kappa shape index (κ1) is 25.9. The minimum atomic E-state index is -4.49. The predicted octanol–water partition coefficient (Wildman–Crippen LogP) is 3.56. The lowest BCUT2D eigenvalue weighted by Crippen LogP contribution is -2.21. The summed E-state index contributed by atoms with van der Waals surface area (Å²) < 4.78 is 43.5. The van der Waals surface area contributed by atoms with Gasteiger partial charge in [-0.15, -0.1) is 0 Å². The summed E-state index contributed by atoms with van der Waals surface area (Å²) in [6, 6.07) is 4.36. The molecule has 0 spiro atoms. The van der Waals surface area contributed by atoms with E-state index in [9.17, 15) is 33.3 Å². The Morgan fingerprint density at radius 3 is 2.66 bits per heavy atom. The summed E-state index contributed by atoms with van der Waals surface area (Å²) >= 11 is 0. The maximum atomic E-state index is 12.8. The van der Waals surface area contributed by atoms with Crippen LogP contribution in [0.25, 0.3) is 0 Å². The van der Waals surface area contributed by atoms with Crippen molar-refractivity contribution in [3.8, 4) is 5.75 Å². The van der Waals surface area contributed by atoms with Crippen molar-refractivity contribution in [3.63, 3.8) is 0 Å². The summed E-state index contributed by atoms with van der Waals surface area (Å²) in [4.78, 5) is 10.5. The third kappa shape index (κ3) is 8.29. The molecule has 0 heterocycles. The summed E-state index contributed by atoms with van der Waals surface area (Å²) in [6.45, 7) is -0.267. The van der Waals surface area contributed by atoms with E-state index >= 15 is 0 Å². The fourth-order valence-electron chi connectivity index (χ4n) is 3.70. The van der Waals surface area contributed by atoms with E-state index in [1.165, 1.54) is 18.2 Å². The van der Waals surface area contributed by atoms with Crippen LogP contribution in [0, 0.1) is 11.8 Å². The average molecular weight is 458 g/mol. The van der Waals surface area contributed by atoms with Crippen LogP contribution >= 0.6 is 0 Å². The van der Waals surface area contributed by atoms with Crippen LogP contribution in [0.4, 0.5) is 13.2 Å². The van der Waals surface area contributed by atoms with E-state index in [4.69, 9.17) is 9.84 Å². The molecule has 0 amide bonds. The van der Waals surface area contributed by atoms with E-state index in [2.05, 4.69) is 0 Å². The third-order valence-electron chi connectivity index (χ3n) is 5.39. The molecule has 0 unspecified atom stereocenters. The van der Waals surface area contributed by atoms with Gasteiger partial charge in [-0.05, 0) is 43.4 Å². The van der Waals surface area contributed by atoms with Crippen molar-refractivity contribution in [3.05, 3.63) is 54.1 Å². The number of carbonyl (C=O) groups is 1. The number of unbranched alkanes of at least 4 members (excludes halogenated alkanes) is 1. The SMILES string of the molecule is O=C(O)CCC/C=C\C[C@@H]1[C@@H](/C=C/[C@H](O)COc2cccc(C(F)(F)F)c2)[C@H](O)C[C@@H]1O. The van der Waals surface area contributed by atoms with Gasteiger partial charge in [0.15, 0.2) is 0 Å². The summed E-state index contributed by atoms with van der Waals surface area (Å²) in [7, 11) is 0. The Labute approximate surface area is 184 Å². The predicted molar refractivity (Wildman–Crippen MR) is 111 cm³/mol. The number of hydrogen-bond donors (Lipinski definition) is 4. The molecule has 4 N–H and O–H groups in total. The van der Waals surface area contributed by atoms with Gasteiger partial charge in [0.25, 0.3) is 0 Å². The van der Waals surface area contributed by atoms with Crippen molar-refractivity contribution in [2.45, 2.75) is 56.6 Å². The Morgan fingerprint density at radius 1 is 1.22 bits per heavy atom. The molecule has 1 aliphatic rings. The van der Waals surface area contributed by atoms with Crippen molar-refractivity contribution < 1.29 is 43.1 Å². The molecule has 178 valence electrons. The summed E-state index contributed by atoms with van der Waals surface area (Å²) in [6.07, 6.45) is 1.48. The van der Waals surface area contributed by atoms with E-state index in [0.717, 1.165) is 12.1 Å². The van der Waals surface area contributed by atoms with Crippen LogP contribution < -0.4 is 4.74 Å². The van der Waals surface area contributed by atoms with Crippen molar-refractivity contribution in [1.29, 1.82) is 0 Å². The van der Waals surface area contributed by atoms with Crippen LogP contribution in [0.15, 0.2) is 48.6 Å². The number of aliphatic carboxylic acids is 1. The Hall–Kier alpha value is -2.36. The zero-order valence-corrected chi connectivity index (χ0v) is 17.5. The molecule has 0 aromatic heterocycles. The topological polar surface area (TPSA) is 107 Å². The lowest BCUT2D eigenvalue weighted by molar-refractivity contribution is -0.138. The smallest absolute Gasteiger partial charge is 0.416 e. The van der Waals surface area contributed by atoms with E-state index < -0.39 is 41.9 Å². The Balaban J connectivity index is 1.87. The number of aliphatic hydroxyl groups excluding tert-OH is 3. The number of carboxylic acids is 1.